The van der Waals surface area contributed by atoms with Crippen LogP contribution in [0.15, 0.2) is 0 Å². The van der Waals surface area contributed by atoms with Crippen LogP contribution >= 0.6 is 0 Å². The monoisotopic (exact) mass is 195 g/mol. The van der Waals surface area contributed by atoms with Crippen LogP contribution in [-0.4, -0.2) is 25.0 Å². The summed E-state index contributed by atoms with van der Waals surface area (Å²) in [5, 5.41) is 0. The van der Waals surface area contributed by atoms with Crippen LogP contribution in [0, 0.1) is 17.8 Å². The molecule has 1 nitrogen and oxygen atoms in total. The summed E-state index contributed by atoms with van der Waals surface area (Å²) in [5.74, 6) is 3.27. The second-order valence-electron chi connectivity index (χ2n) is 5.55. The summed E-state index contributed by atoms with van der Waals surface area (Å²) in [6.45, 7) is 4.97. The van der Waals surface area contributed by atoms with Crippen LogP contribution < -0.4 is 0 Å². The molecule has 82 valence electrons. The molecule has 2 bridgehead atoms. The molecule has 0 aromatic heterocycles. The Labute approximate surface area is 88.9 Å². The standard InChI is InChI=1S/C13H25N/c1-3-4-7-14(2)10-13-9-11-5-6-12(13)8-11/h11-13H,3-10H2,1-2H3. The average Bonchev–Trinajstić information content (AvgIpc) is 2.76. The SMILES string of the molecule is CCCCN(C)CC1CC2CCC1C2. The molecule has 0 radical (unpaired) electrons. The molecule has 2 aliphatic carbocycles. The van der Waals surface area contributed by atoms with Gasteiger partial charge in [0.05, 0.1) is 0 Å². The maximum absolute atomic E-state index is 2.56. The molecule has 0 amide bonds. The third-order valence-corrected chi connectivity index (χ3v) is 4.32. The Morgan fingerprint density at radius 3 is 2.64 bits per heavy atom. The molecule has 1 heteroatoms. The Morgan fingerprint density at radius 1 is 1.21 bits per heavy atom. The molecule has 0 aliphatic heterocycles. The van der Waals surface area contributed by atoms with Gasteiger partial charge in [-0.15, -0.1) is 0 Å². The Kier molecular flexibility index (Phi) is 3.48. The molecule has 0 heterocycles. The molecular weight excluding hydrogens is 170 g/mol. The molecule has 14 heavy (non-hydrogen) atoms. The summed E-state index contributed by atoms with van der Waals surface area (Å²) in [6, 6.07) is 0. The lowest BCUT2D eigenvalue weighted by atomic mass is 9.88. The highest BCUT2D eigenvalue weighted by Crippen LogP contribution is 2.48. The van der Waals surface area contributed by atoms with Gasteiger partial charge in [-0.25, -0.2) is 0 Å². The lowest BCUT2D eigenvalue weighted by molar-refractivity contribution is 0.218. The van der Waals surface area contributed by atoms with Gasteiger partial charge >= 0.3 is 0 Å². The highest BCUT2D eigenvalue weighted by Gasteiger charge is 2.39. The van der Waals surface area contributed by atoms with Crippen molar-refractivity contribution in [2.24, 2.45) is 17.8 Å². The molecule has 0 aromatic carbocycles. The van der Waals surface area contributed by atoms with Crippen LogP contribution in [0.3, 0.4) is 0 Å². The number of rotatable bonds is 5. The van der Waals surface area contributed by atoms with Crippen molar-refractivity contribution in [1.29, 1.82) is 0 Å². The van der Waals surface area contributed by atoms with Gasteiger partial charge in [0.2, 0.25) is 0 Å². The van der Waals surface area contributed by atoms with E-state index in [4.69, 9.17) is 0 Å². The molecule has 2 fully saturated rings. The number of unbranched alkanes of at least 4 members (excludes halogenated alkanes) is 1. The summed E-state index contributed by atoms with van der Waals surface area (Å²) < 4.78 is 0. The Morgan fingerprint density at radius 2 is 2.07 bits per heavy atom. The first kappa shape index (κ1) is 10.5. The van der Waals surface area contributed by atoms with Gasteiger partial charge in [0.1, 0.15) is 0 Å². The van der Waals surface area contributed by atoms with Crippen LogP contribution in [0.1, 0.15) is 45.4 Å². The van der Waals surface area contributed by atoms with E-state index in [-0.39, 0.29) is 0 Å². The highest BCUT2D eigenvalue weighted by molar-refractivity contribution is 4.90. The average molecular weight is 195 g/mol. The molecule has 2 rings (SSSR count). The van der Waals surface area contributed by atoms with Crippen molar-refractivity contribution < 1.29 is 0 Å². The molecule has 0 saturated heterocycles. The Bertz CT molecular complexity index is 178. The topological polar surface area (TPSA) is 3.24 Å². The minimum Gasteiger partial charge on any atom is -0.306 e. The molecule has 3 unspecified atom stereocenters. The van der Waals surface area contributed by atoms with E-state index in [9.17, 15) is 0 Å². The summed E-state index contributed by atoms with van der Waals surface area (Å²) in [5.41, 5.74) is 0. The minimum absolute atomic E-state index is 1.05. The van der Waals surface area contributed by atoms with Crippen LogP contribution in [-0.2, 0) is 0 Å². The van der Waals surface area contributed by atoms with Gasteiger partial charge in [0, 0.05) is 6.54 Å². The zero-order chi connectivity index (χ0) is 9.97. The van der Waals surface area contributed by atoms with Crippen molar-refractivity contribution in [3.63, 3.8) is 0 Å². The fourth-order valence-corrected chi connectivity index (χ4v) is 3.52. The first-order valence-corrected chi connectivity index (χ1v) is 6.48. The van der Waals surface area contributed by atoms with Crippen LogP contribution in [0.4, 0.5) is 0 Å². The summed E-state index contributed by atoms with van der Waals surface area (Å²) in [4.78, 5) is 2.56. The van der Waals surface area contributed by atoms with E-state index >= 15 is 0 Å². The minimum atomic E-state index is 1.05. The normalized spacial score (nSPS) is 35.8. The van der Waals surface area contributed by atoms with Gasteiger partial charge in [0.15, 0.2) is 0 Å². The van der Waals surface area contributed by atoms with Crippen molar-refractivity contribution in [1.82, 2.24) is 4.90 Å². The van der Waals surface area contributed by atoms with E-state index in [1.807, 2.05) is 0 Å². The second-order valence-corrected chi connectivity index (χ2v) is 5.55. The van der Waals surface area contributed by atoms with Crippen LogP contribution in [0.2, 0.25) is 0 Å². The summed E-state index contributed by atoms with van der Waals surface area (Å²) in [7, 11) is 2.31. The van der Waals surface area contributed by atoms with Gasteiger partial charge in [-0.3, -0.25) is 0 Å². The van der Waals surface area contributed by atoms with Gasteiger partial charge < -0.3 is 4.90 Å². The van der Waals surface area contributed by atoms with E-state index in [0.29, 0.717) is 0 Å². The molecule has 0 N–H and O–H groups in total. The number of nitrogens with zero attached hydrogens (tertiary/aromatic N) is 1. The van der Waals surface area contributed by atoms with Gasteiger partial charge in [-0.1, -0.05) is 19.8 Å². The number of hydrogen-bond acceptors (Lipinski definition) is 1. The fourth-order valence-electron chi connectivity index (χ4n) is 3.52. The maximum atomic E-state index is 2.56. The molecule has 2 aliphatic rings. The molecular formula is C13H25N. The fraction of sp³-hybridized carbons (Fsp3) is 1.00. The predicted octanol–water partition coefficient (Wildman–Crippen LogP) is 3.15. The van der Waals surface area contributed by atoms with Crippen LogP contribution in [0.25, 0.3) is 0 Å². The van der Waals surface area contributed by atoms with E-state index < -0.39 is 0 Å². The lowest BCUT2D eigenvalue weighted by Gasteiger charge is -2.27. The van der Waals surface area contributed by atoms with E-state index in [2.05, 4.69) is 18.9 Å². The smallest absolute Gasteiger partial charge is 0.000936 e. The predicted molar refractivity (Wildman–Crippen MR) is 61.3 cm³/mol. The maximum Gasteiger partial charge on any atom is 0.000936 e. The Hall–Kier alpha value is -0.0400. The summed E-state index contributed by atoms with van der Waals surface area (Å²) >= 11 is 0. The molecule has 0 aromatic rings. The van der Waals surface area contributed by atoms with Crippen LogP contribution in [0.5, 0.6) is 0 Å². The lowest BCUT2D eigenvalue weighted by Crippen LogP contribution is -2.29. The van der Waals surface area contributed by atoms with E-state index in [1.165, 1.54) is 32.4 Å². The first-order chi connectivity index (χ1) is 6.79. The molecule has 0 spiro atoms. The van der Waals surface area contributed by atoms with Gasteiger partial charge in [0.25, 0.3) is 0 Å². The quantitative estimate of drug-likeness (QED) is 0.651. The van der Waals surface area contributed by atoms with E-state index in [1.54, 1.807) is 19.3 Å². The number of fused-ring (bicyclic) bond motifs is 2. The van der Waals surface area contributed by atoms with Gasteiger partial charge in [-0.2, -0.15) is 0 Å². The zero-order valence-corrected chi connectivity index (χ0v) is 9.84. The summed E-state index contributed by atoms with van der Waals surface area (Å²) in [6.07, 6.45) is 8.89. The van der Waals surface area contributed by atoms with Crippen molar-refractivity contribution in [3.8, 4) is 0 Å². The van der Waals surface area contributed by atoms with E-state index in [0.717, 1.165) is 17.8 Å². The third kappa shape index (κ3) is 2.31. The first-order valence-electron chi connectivity index (χ1n) is 6.48. The van der Waals surface area contributed by atoms with Gasteiger partial charge in [-0.05, 0) is 57.0 Å². The highest BCUT2D eigenvalue weighted by atomic mass is 15.1. The Balaban J connectivity index is 1.70. The molecule has 2 saturated carbocycles. The number of hydrogen-bond donors (Lipinski definition) is 0. The van der Waals surface area contributed by atoms with Crippen molar-refractivity contribution in [2.45, 2.75) is 45.4 Å². The van der Waals surface area contributed by atoms with Crippen molar-refractivity contribution in [3.05, 3.63) is 0 Å². The largest absolute Gasteiger partial charge is 0.306 e. The van der Waals surface area contributed by atoms with Crippen molar-refractivity contribution >= 4 is 0 Å². The zero-order valence-electron chi connectivity index (χ0n) is 9.84. The second kappa shape index (κ2) is 4.65. The molecule has 3 atom stereocenters. The third-order valence-electron chi connectivity index (χ3n) is 4.32. The van der Waals surface area contributed by atoms with Crippen molar-refractivity contribution in [2.75, 3.05) is 20.1 Å².